The standard InChI is InChI=1S/C13H16N2O5/c16-11-3-1-2-10(8-11)9-20-13(19)15-6-4-14(5-7-15)12(17)18/h1-3,8,16H,4-7,9H2,(H,17,18). The van der Waals surface area contributed by atoms with Gasteiger partial charge in [-0.1, -0.05) is 12.1 Å². The fourth-order valence-electron chi connectivity index (χ4n) is 1.96. The number of ether oxygens (including phenoxy) is 1. The average Bonchev–Trinajstić information content (AvgIpc) is 2.45. The second-order valence-corrected chi connectivity index (χ2v) is 4.48. The van der Waals surface area contributed by atoms with Gasteiger partial charge in [0.2, 0.25) is 0 Å². The summed E-state index contributed by atoms with van der Waals surface area (Å²) in [7, 11) is 0. The summed E-state index contributed by atoms with van der Waals surface area (Å²) in [5, 5.41) is 18.1. The van der Waals surface area contributed by atoms with Crippen molar-refractivity contribution in [2.45, 2.75) is 6.61 Å². The van der Waals surface area contributed by atoms with E-state index in [1.54, 1.807) is 12.1 Å². The molecule has 1 aromatic carbocycles. The molecule has 1 aromatic rings. The monoisotopic (exact) mass is 280 g/mol. The van der Waals surface area contributed by atoms with Crippen molar-refractivity contribution < 1.29 is 24.5 Å². The Kier molecular flexibility index (Phi) is 4.29. The van der Waals surface area contributed by atoms with Crippen LogP contribution in [0.4, 0.5) is 9.59 Å². The number of amides is 2. The van der Waals surface area contributed by atoms with Gasteiger partial charge in [0.25, 0.3) is 0 Å². The lowest BCUT2D eigenvalue weighted by Gasteiger charge is -2.32. The van der Waals surface area contributed by atoms with Crippen molar-refractivity contribution in [2.75, 3.05) is 26.2 Å². The number of piperazine rings is 1. The number of rotatable bonds is 2. The largest absolute Gasteiger partial charge is 0.508 e. The van der Waals surface area contributed by atoms with Crippen molar-refractivity contribution in [3.8, 4) is 5.75 Å². The maximum absolute atomic E-state index is 11.8. The van der Waals surface area contributed by atoms with Gasteiger partial charge in [-0.15, -0.1) is 0 Å². The molecular weight excluding hydrogens is 264 g/mol. The van der Waals surface area contributed by atoms with Crippen molar-refractivity contribution in [2.24, 2.45) is 0 Å². The third-order valence-electron chi connectivity index (χ3n) is 3.08. The van der Waals surface area contributed by atoms with E-state index >= 15 is 0 Å². The lowest BCUT2D eigenvalue weighted by Crippen LogP contribution is -2.50. The highest BCUT2D eigenvalue weighted by atomic mass is 16.6. The van der Waals surface area contributed by atoms with Crippen molar-refractivity contribution in [3.63, 3.8) is 0 Å². The van der Waals surface area contributed by atoms with Crippen LogP contribution in [-0.2, 0) is 11.3 Å². The van der Waals surface area contributed by atoms with Crippen molar-refractivity contribution in [1.29, 1.82) is 0 Å². The van der Waals surface area contributed by atoms with E-state index in [4.69, 9.17) is 9.84 Å². The van der Waals surface area contributed by atoms with E-state index in [0.29, 0.717) is 18.7 Å². The Morgan fingerprint density at radius 2 is 1.80 bits per heavy atom. The summed E-state index contributed by atoms with van der Waals surface area (Å²) >= 11 is 0. The summed E-state index contributed by atoms with van der Waals surface area (Å²) in [5.41, 5.74) is 0.697. The highest BCUT2D eigenvalue weighted by molar-refractivity contribution is 5.69. The molecule has 2 rings (SSSR count). The second-order valence-electron chi connectivity index (χ2n) is 4.48. The molecule has 0 aromatic heterocycles. The van der Waals surface area contributed by atoms with Gasteiger partial charge in [0, 0.05) is 26.2 Å². The number of aromatic hydroxyl groups is 1. The predicted molar refractivity (Wildman–Crippen MR) is 69.5 cm³/mol. The molecule has 0 unspecified atom stereocenters. The van der Waals surface area contributed by atoms with Crippen molar-refractivity contribution in [1.82, 2.24) is 9.80 Å². The molecule has 1 fully saturated rings. The minimum Gasteiger partial charge on any atom is -0.508 e. The van der Waals surface area contributed by atoms with E-state index in [1.165, 1.54) is 21.9 Å². The Balaban J connectivity index is 1.80. The number of hydrogen-bond acceptors (Lipinski definition) is 4. The molecule has 1 aliphatic rings. The van der Waals surface area contributed by atoms with Gasteiger partial charge < -0.3 is 24.7 Å². The molecule has 1 aliphatic heterocycles. The first-order valence-corrected chi connectivity index (χ1v) is 6.24. The highest BCUT2D eigenvalue weighted by Crippen LogP contribution is 2.12. The summed E-state index contributed by atoms with van der Waals surface area (Å²) in [6.07, 6.45) is -1.45. The molecule has 0 saturated carbocycles. The smallest absolute Gasteiger partial charge is 0.410 e. The molecule has 7 heteroatoms. The van der Waals surface area contributed by atoms with Crippen LogP contribution in [0.5, 0.6) is 5.75 Å². The second kappa shape index (κ2) is 6.14. The van der Waals surface area contributed by atoms with Crippen LogP contribution in [0.2, 0.25) is 0 Å². The fraction of sp³-hybridized carbons (Fsp3) is 0.385. The van der Waals surface area contributed by atoms with E-state index in [0.717, 1.165) is 0 Å². The van der Waals surface area contributed by atoms with Crippen LogP contribution < -0.4 is 0 Å². The highest BCUT2D eigenvalue weighted by Gasteiger charge is 2.24. The zero-order valence-corrected chi connectivity index (χ0v) is 10.9. The molecule has 20 heavy (non-hydrogen) atoms. The Labute approximate surface area is 116 Å². The molecule has 108 valence electrons. The number of carboxylic acid groups (broad SMARTS) is 1. The zero-order chi connectivity index (χ0) is 14.5. The van der Waals surface area contributed by atoms with Gasteiger partial charge in [-0.2, -0.15) is 0 Å². The molecule has 1 saturated heterocycles. The number of benzene rings is 1. The third-order valence-corrected chi connectivity index (χ3v) is 3.08. The Morgan fingerprint density at radius 3 is 2.40 bits per heavy atom. The van der Waals surface area contributed by atoms with Crippen molar-refractivity contribution in [3.05, 3.63) is 29.8 Å². The molecule has 0 bridgehead atoms. The predicted octanol–water partition coefficient (Wildman–Crippen LogP) is 1.32. The molecule has 1 heterocycles. The lowest BCUT2D eigenvalue weighted by atomic mass is 10.2. The quantitative estimate of drug-likeness (QED) is 0.852. The third kappa shape index (κ3) is 3.53. The summed E-state index contributed by atoms with van der Waals surface area (Å²) in [6, 6.07) is 6.48. The summed E-state index contributed by atoms with van der Waals surface area (Å²) in [6.45, 7) is 1.30. The van der Waals surface area contributed by atoms with Crippen LogP contribution in [-0.4, -0.2) is 58.4 Å². The minimum absolute atomic E-state index is 0.0758. The van der Waals surface area contributed by atoms with E-state index in [1.807, 2.05) is 0 Å². The Morgan fingerprint density at radius 1 is 1.15 bits per heavy atom. The molecule has 7 nitrogen and oxygen atoms in total. The number of carbonyl (C=O) groups excluding carboxylic acids is 1. The first-order chi connectivity index (χ1) is 9.56. The van der Waals surface area contributed by atoms with Crippen LogP contribution in [0.1, 0.15) is 5.56 Å². The minimum atomic E-state index is -0.974. The number of nitrogens with zero attached hydrogens (tertiary/aromatic N) is 2. The van der Waals surface area contributed by atoms with Gasteiger partial charge in [-0.05, 0) is 17.7 Å². The summed E-state index contributed by atoms with van der Waals surface area (Å²) < 4.78 is 5.13. The van der Waals surface area contributed by atoms with Crippen molar-refractivity contribution >= 4 is 12.2 Å². The number of carbonyl (C=O) groups is 2. The average molecular weight is 280 g/mol. The maximum atomic E-state index is 11.8. The number of phenols is 1. The van der Waals surface area contributed by atoms with E-state index in [9.17, 15) is 14.7 Å². The topological polar surface area (TPSA) is 90.3 Å². The van der Waals surface area contributed by atoms with Crippen LogP contribution in [0.3, 0.4) is 0 Å². The maximum Gasteiger partial charge on any atom is 0.410 e. The molecule has 0 atom stereocenters. The molecule has 2 amide bonds. The van der Waals surface area contributed by atoms with Gasteiger partial charge in [0.1, 0.15) is 12.4 Å². The normalized spacial score (nSPS) is 15.0. The SMILES string of the molecule is O=C(O)N1CCN(C(=O)OCc2cccc(O)c2)CC1. The zero-order valence-electron chi connectivity index (χ0n) is 10.9. The van der Waals surface area contributed by atoms with Crippen LogP contribution in [0.15, 0.2) is 24.3 Å². The van der Waals surface area contributed by atoms with Gasteiger partial charge >= 0.3 is 12.2 Å². The summed E-state index contributed by atoms with van der Waals surface area (Å²) in [4.78, 5) is 25.3. The van der Waals surface area contributed by atoms with Crippen LogP contribution in [0.25, 0.3) is 0 Å². The fourth-order valence-corrected chi connectivity index (χ4v) is 1.96. The van der Waals surface area contributed by atoms with E-state index < -0.39 is 12.2 Å². The molecular formula is C13H16N2O5. The Bertz CT molecular complexity index is 497. The van der Waals surface area contributed by atoms with Gasteiger partial charge in [-0.3, -0.25) is 0 Å². The first kappa shape index (κ1) is 14.0. The van der Waals surface area contributed by atoms with Crippen LogP contribution >= 0.6 is 0 Å². The van der Waals surface area contributed by atoms with Gasteiger partial charge in [0.15, 0.2) is 0 Å². The van der Waals surface area contributed by atoms with Gasteiger partial charge in [-0.25, -0.2) is 9.59 Å². The molecule has 0 radical (unpaired) electrons. The molecule has 2 N–H and O–H groups in total. The lowest BCUT2D eigenvalue weighted by molar-refractivity contribution is 0.0689. The Hall–Kier alpha value is -2.44. The van der Waals surface area contributed by atoms with E-state index in [-0.39, 0.29) is 25.4 Å². The summed E-state index contributed by atoms with van der Waals surface area (Å²) in [5.74, 6) is 0.119. The van der Waals surface area contributed by atoms with E-state index in [2.05, 4.69) is 0 Å². The van der Waals surface area contributed by atoms with Crippen LogP contribution in [0, 0.1) is 0 Å². The van der Waals surface area contributed by atoms with Gasteiger partial charge in [0.05, 0.1) is 0 Å². The molecule has 0 aliphatic carbocycles. The number of hydrogen-bond donors (Lipinski definition) is 2. The number of phenolic OH excluding ortho intramolecular Hbond substituents is 1. The molecule has 0 spiro atoms. The first-order valence-electron chi connectivity index (χ1n) is 6.24.